The molecule has 1 aliphatic heterocycles. The zero-order valence-electron chi connectivity index (χ0n) is 14.6. The van der Waals surface area contributed by atoms with Crippen molar-refractivity contribution in [2.24, 2.45) is 0 Å². The molecule has 1 aliphatic rings. The third kappa shape index (κ3) is 2.91. The Kier molecular flexibility index (Phi) is 4.08. The van der Waals surface area contributed by atoms with E-state index in [9.17, 15) is 14.9 Å². The Morgan fingerprint density at radius 2 is 1.70 bits per heavy atom. The minimum Gasteiger partial charge on any atom is -0.360 e. The minimum absolute atomic E-state index is 0.0358. The maximum Gasteiger partial charge on any atom is 0.272 e. The molecule has 0 spiro atoms. The molecule has 3 aromatic rings. The van der Waals surface area contributed by atoms with E-state index in [0.29, 0.717) is 22.4 Å². The number of amides is 1. The second-order valence-electron chi connectivity index (χ2n) is 6.41. The number of carbonyl (C=O) groups excluding carboxylic acids is 1. The van der Waals surface area contributed by atoms with Gasteiger partial charge in [-0.05, 0) is 31.2 Å². The number of anilines is 2. The van der Waals surface area contributed by atoms with Crippen molar-refractivity contribution in [2.45, 2.75) is 13.1 Å². The molecule has 0 aromatic heterocycles. The zero-order valence-corrected chi connectivity index (χ0v) is 14.6. The number of nitro benzene ring substituents is 1. The summed E-state index contributed by atoms with van der Waals surface area (Å²) in [6.07, 6.45) is -0.547. The summed E-state index contributed by atoms with van der Waals surface area (Å²) in [6, 6.07) is 21.6. The molecular formula is C21H17N3O3. The van der Waals surface area contributed by atoms with Crippen LogP contribution in [0.1, 0.15) is 27.7 Å². The summed E-state index contributed by atoms with van der Waals surface area (Å²) in [5, 5.41) is 14.7. The van der Waals surface area contributed by atoms with Crippen molar-refractivity contribution < 1.29 is 9.72 Å². The number of rotatable bonds is 3. The largest absolute Gasteiger partial charge is 0.360 e. The average molecular weight is 359 g/mol. The SMILES string of the molecule is Cc1ccc([C@H]2Nc3ccccc3C(=O)N2c2ccccc2)cc1[N+](=O)[O-]. The number of aryl methyl sites for hydroxylation is 1. The highest BCUT2D eigenvalue weighted by Gasteiger charge is 2.34. The molecule has 0 saturated heterocycles. The number of nitrogens with one attached hydrogen (secondary N) is 1. The average Bonchev–Trinajstić information content (AvgIpc) is 2.69. The van der Waals surface area contributed by atoms with Crippen LogP contribution in [0.15, 0.2) is 72.8 Å². The number of fused-ring (bicyclic) bond motifs is 1. The van der Waals surface area contributed by atoms with Gasteiger partial charge in [-0.15, -0.1) is 0 Å². The van der Waals surface area contributed by atoms with Crippen LogP contribution in [0, 0.1) is 17.0 Å². The molecule has 27 heavy (non-hydrogen) atoms. The van der Waals surface area contributed by atoms with Gasteiger partial charge in [-0.3, -0.25) is 19.8 Å². The predicted molar refractivity (Wildman–Crippen MR) is 104 cm³/mol. The summed E-state index contributed by atoms with van der Waals surface area (Å²) in [7, 11) is 0. The van der Waals surface area contributed by atoms with E-state index >= 15 is 0 Å². The molecule has 4 rings (SSSR count). The van der Waals surface area contributed by atoms with Gasteiger partial charge in [0.1, 0.15) is 6.17 Å². The van der Waals surface area contributed by atoms with Crippen LogP contribution in [0.4, 0.5) is 17.1 Å². The summed E-state index contributed by atoms with van der Waals surface area (Å²) in [6.45, 7) is 1.70. The first-order valence-corrected chi connectivity index (χ1v) is 8.55. The monoisotopic (exact) mass is 359 g/mol. The molecular weight excluding hydrogens is 342 g/mol. The smallest absolute Gasteiger partial charge is 0.272 e. The lowest BCUT2D eigenvalue weighted by atomic mass is 10.0. The third-order valence-electron chi connectivity index (χ3n) is 4.71. The van der Waals surface area contributed by atoms with Gasteiger partial charge in [-0.1, -0.05) is 42.5 Å². The van der Waals surface area contributed by atoms with Crippen molar-refractivity contribution in [1.29, 1.82) is 0 Å². The Bertz CT molecular complexity index is 1030. The van der Waals surface area contributed by atoms with Gasteiger partial charge < -0.3 is 5.32 Å². The van der Waals surface area contributed by atoms with Gasteiger partial charge in [0, 0.05) is 28.6 Å². The molecule has 1 amide bonds. The van der Waals surface area contributed by atoms with E-state index in [1.807, 2.05) is 54.6 Å². The standard InChI is InChI=1S/C21H17N3O3/c1-14-11-12-15(13-19(14)24(26)27)20-22-18-10-6-5-9-17(18)21(25)23(20)16-7-3-2-4-8-16/h2-13,20,22H,1H3/t20-/m0/s1. The summed E-state index contributed by atoms with van der Waals surface area (Å²) < 4.78 is 0. The highest BCUT2D eigenvalue weighted by molar-refractivity contribution is 6.12. The highest BCUT2D eigenvalue weighted by Crippen LogP contribution is 2.37. The van der Waals surface area contributed by atoms with Gasteiger partial charge in [0.25, 0.3) is 11.6 Å². The number of para-hydroxylation sites is 2. The van der Waals surface area contributed by atoms with Crippen LogP contribution >= 0.6 is 0 Å². The van der Waals surface area contributed by atoms with Crippen molar-refractivity contribution in [3.8, 4) is 0 Å². The summed E-state index contributed by atoms with van der Waals surface area (Å²) in [4.78, 5) is 25.9. The first kappa shape index (κ1) is 16.8. The van der Waals surface area contributed by atoms with Crippen molar-refractivity contribution in [3.63, 3.8) is 0 Å². The Hall–Kier alpha value is -3.67. The molecule has 1 N–H and O–H groups in total. The zero-order chi connectivity index (χ0) is 19.0. The lowest BCUT2D eigenvalue weighted by Gasteiger charge is -2.38. The lowest BCUT2D eigenvalue weighted by Crippen LogP contribution is -2.43. The summed E-state index contributed by atoms with van der Waals surface area (Å²) in [5.41, 5.74) is 3.27. The normalized spacial score (nSPS) is 15.8. The quantitative estimate of drug-likeness (QED) is 0.544. The molecule has 3 aromatic carbocycles. The minimum atomic E-state index is -0.547. The van der Waals surface area contributed by atoms with E-state index in [0.717, 1.165) is 5.69 Å². The number of hydrogen-bond donors (Lipinski definition) is 1. The van der Waals surface area contributed by atoms with E-state index in [2.05, 4.69) is 5.32 Å². The van der Waals surface area contributed by atoms with Gasteiger partial charge in [-0.25, -0.2) is 0 Å². The van der Waals surface area contributed by atoms with Gasteiger partial charge >= 0.3 is 0 Å². The number of hydrogen-bond acceptors (Lipinski definition) is 4. The van der Waals surface area contributed by atoms with Crippen molar-refractivity contribution in [1.82, 2.24) is 0 Å². The first-order chi connectivity index (χ1) is 13.1. The molecule has 1 heterocycles. The summed E-state index contributed by atoms with van der Waals surface area (Å²) >= 11 is 0. The molecule has 0 saturated carbocycles. The third-order valence-corrected chi connectivity index (χ3v) is 4.71. The molecule has 0 radical (unpaired) electrons. The molecule has 1 atom stereocenters. The van der Waals surface area contributed by atoms with E-state index in [4.69, 9.17) is 0 Å². The predicted octanol–water partition coefficient (Wildman–Crippen LogP) is 4.67. The van der Waals surface area contributed by atoms with Crippen LogP contribution in [0.3, 0.4) is 0 Å². The van der Waals surface area contributed by atoms with E-state index in [1.54, 1.807) is 24.0 Å². The van der Waals surface area contributed by atoms with E-state index in [-0.39, 0.29) is 11.6 Å². The second kappa shape index (κ2) is 6.57. The topological polar surface area (TPSA) is 75.5 Å². The van der Waals surface area contributed by atoms with Crippen molar-refractivity contribution in [2.75, 3.05) is 10.2 Å². The van der Waals surface area contributed by atoms with Crippen LogP contribution in [0.2, 0.25) is 0 Å². The Morgan fingerprint density at radius 3 is 2.44 bits per heavy atom. The fourth-order valence-electron chi connectivity index (χ4n) is 3.33. The molecule has 134 valence electrons. The van der Waals surface area contributed by atoms with Crippen LogP contribution in [-0.4, -0.2) is 10.8 Å². The maximum atomic E-state index is 13.2. The number of nitro groups is 1. The highest BCUT2D eigenvalue weighted by atomic mass is 16.6. The Balaban J connectivity index is 1.88. The molecule has 0 aliphatic carbocycles. The Morgan fingerprint density at radius 1 is 1.00 bits per heavy atom. The van der Waals surface area contributed by atoms with Gasteiger partial charge in [0.2, 0.25) is 0 Å². The van der Waals surface area contributed by atoms with Crippen molar-refractivity contribution in [3.05, 3.63) is 99.6 Å². The molecule has 6 nitrogen and oxygen atoms in total. The first-order valence-electron chi connectivity index (χ1n) is 8.55. The number of nitrogens with zero attached hydrogens (tertiary/aromatic N) is 2. The van der Waals surface area contributed by atoms with Crippen molar-refractivity contribution >= 4 is 23.0 Å². The van der Waals surface area contributed by atoms with Gasteiger partial charge in [0.15, 0.2) is 0 Å². The maximum absolute atomic E-state index is 13.2. The molecule has 0 fully saturated rings. The van der Waals surface area contributed by atoms with E-state index in [1.165, 1.54) is 6.07 Å². The fourth-order valence-corrected chi connectivity index (χ4v) is 3.33. The van der Waals surface area contributed by atoms with Crippen LogP contribution in [-0.2, 0) is 0 Å². The van der Waals surface area contributed by atoms with Crippen LogP contribution in [0.5, 0.6) is 0 Å². The summed E-state index contributed by atoms with van der Waals surface area (Å²) in [5.74, 6) is -0.149. The molecule has 6 heteroatoms. The number of benzene rings is 3. The van der Waals surface area contributed by atoms with Gasteiger partial charge in [-0.2, -0.15) is 0 Å². The molecule has 0 unspecified atom stereocenters. The fraction of sp³-hybridized carbons (Fsp3) is 0.0952. The lowest BCUT2D eigenvalue weighted by molar-refractivity contribution is -0.385. The number of carbonyl (C=O) groups is 1. The molecule has 0 bridgehead atoms. The van der Waals surface area contributed by atoms with E-state index < -0.39 is 11.1 Å². The van der Waals surface area contributed by atoms with Crippen LogP contribution < -0.4 is 10.2 Å². The van der Waals surface area contributed by atoms with Gasteiger partial charge in [0.05, 0.1) is 10.5 Å². The Labute approximate surface area is 156 Å². The van der Waals surface area contributed by atoms with Crippen LogP contribution in [0.25, 0.3) is 0 Å². The second-order valence-corrected chi connectivity index (χ2v) is 6.41.